The zero-order valence-corrected chi connectivity index (χ0v) is 12.3. The van der Waals surface area contributed by atoms with Gasteiger partial charge in [-0.05, 0) is 40.7 Å². The lowest BCUT2D eigenvalue weighted by molar-refractivity contribution is -0.274. The highest BCUT2D eigenvalue weighted by Crippen LogP contribution is 2.32. The summed E-state index contributed by atoms with van der Waals surface area (Å²) in [6, 6.07) is 3.83. The fourth-order valence-corrected chi connectivity index (χ4v) is 1.85. The first-order chi connectivity index (χ1) is 9.31. The Labute approximate surface area is 122 Å². The molecule has 0 aliphatic heterocycles. The number of carbonyl (C=O) groups is 1. The van der Waals surface area contributed by atoms with Gasteiger partial charge in [0.25, 0.3) is 0 Å². The number of ether oxygens (including phenoxy) is 1. The Morgan fingerprint density at radius 1 is 1.40 bits per heavy atom. The van der Waals surface area contributed by atoms with Crippen LogP contribution < -0.4 is 15.4 Å². The summed E-state index contributed by atoms with van der Waals surface area (Å²) in [6.45, 7) is 3.23. The predicted octanol–water partition coefficient (Wildman–Crippen LogP) is 3.29. The van der Waals surface area contributed by atoms with Crippen LogP contribution in [0.1, 0.15) is 13.3 Å². The molecule has 20 heavy (non-hydrogen) atoms. The summed E-state index contributed by atoms with van der Waals surface area (Å²) in [5.74, 6) is -0.578. The van der Waals surface area contributed by atoms with Gasteiger partial charge in [-0.15, -0.1) is 13.2 Å². The molecule has 0 spiro atoms. The molecule has 112 valence electrons. The number of amides is 1. The molecule has 1 aromatic rings. The van der Waals surface area contributed by atoms with Crippen molar-refractivity contribution in [2.24, 2.45) is 0 Å². The normalized spacial score (nSPS) is 11.2. The van der Waals surface area contributed by atoms with Gasteiger partial charge in [-0.3, -0.25) is 4.79 Å². The third-order valence-corrected chi connectivity index (χ3v) is 2.84. The fraction of sp³-hybridized carbons (Fsp3) is 0.417. The molecule has 4 nitrogen and oxygen atoms in total. The van der Waals surface area contributed by atoms with E-state index in [9.17, 15) is 18.0 Å². The van der Waals surface area contributed by atoms with E-state index in [2.05, 4.69) is 31.3 Å². The zero-order valence-electron chi connectivity index (χ0n) is 10.7. The molecule has 0 unspecified atom stereocenters. The lowest BCUT2D eigenvalue weighted by Crippen LogP contribution is -2.21. The summed E-state index contributed by atoms with van der Waals surface area (Å²) in [5, 5.41) is 5.58. The van der Waals surface area contributed by atoms with Crippen molar-refractivity contribution in [2.75, 3.05) is 18.4 Å². The Kier molecular flexibility index (Phi) is 6.28. The molecule has 0 bridgehead atoms. The van der Waals surface area contributed by atoms with Crippen LogP contribution in [0.2, 0.25) is 0 Å². The molecular formula is C12H14BrF3N2O2. The standard InChI is InChI=1S/C12H14BrF3N2O2/c1-2-17-6-5-11(19)18-8-3-4-10(9(13)7-8)20-12(14,15)16/h3-4,7,17H,2,5-6H2,1H3,(H,18,19). The third-order valence-electron chi connectivity index (χ3n) is 2.22. The van der Waals surface area contributed by atoms with Gasteiger partial charge in [-0.1, -0.05) is 6.92 Å². The van der Waals surface area contributed by atoms with Gasteiger partial charge < -0.3 is 15.4 Å². The summed E-state index contributed by atoms with van der Waals surface area (Å²) >= 11 is 2.96. The minimum atomic E-state index is -4.75. The van der Waals surface area contributed by atoms with E-state index in [0.29, 0.717) is 12.2 Å². The molecule has 1 amide bonds. The van der Waals surface area contributed by atoms with E-state index in [1.807, 2.05) is 6.92 Å². The highest BCUT2D eigenvalue weighted by molar-refractivity contribution is 9.10. The highest BCUT2D eigenvalue weighted by Gasteiger charge is 2.31. The zero-order chi connectivity index (χ0) is 15.2. The molecule has 0 heterocycles. The largest absolute Gasteiger partial charge is 0.573 e. The van der Waals surface area contributed by atoms with Crippen LogP contribution in [0, 0.1) is 0 Å². The lowest BCUT2D eigenvalue weighted by atomic mass is 10.3. The van der Waals surface area contributed by atoms with Crippen molar-refractivity contribution in [1.82, 2.24) is 5.32 Å². The Morgan fingerprint density at radius 2 is 2.10 bits per heavy atom. The van der Waals surface area contributed by atoms with Crippen molar-refractivity contribution in [1.29, 1.82) is 0 Å². The van der Waals surface area contributed by atoms with Crippen molar-refractivity contribution in [2.45, 2.75) is 19.7 Å². The number of nitrogens with one attached hydrogen (secondary N) is 2. The summed E-state index contributed by atoms with van der Waals surface area (Å²) in [4.78, 5) is 11.5. The number of benzene rings is 1. The second kappa shape index (κ2) is 7.49. The first-order valence-corrected chi connectivity index (χ1v) is 6.67. The number of carbonyl (C=O) groups excluding carboxylic acids is 1. The van der Waals surface area contributed by atoms with Gasteiger partial charge in [0.1, 0.15) is 5.75 Å². The lowest BCUT2D eigenvalue weighted by Gasteiger charge is -2.12. The molecule has 0 aromatic heterocycles. The average Bonchev–Trinajstić information content (AvgIpc) is 2.31. The first-order valence-electron chi connectivity index (χ1n) is 5.87. The predicted molar refractivity (Wildman–Crippen MR) is 72.6 cm³/mol. The highest BCUT2D eigenvalue weighted by atomic mass is 79.9. The maximum Gasteiger partial charge on any atom is 0.573 e. The van der Waals surface area contributed by atoms with Crippen LogP contribution in [0.25, 0.3) is 0 Å². The molecule has 1 aromatic carbocycles. The molecule has 0 atom stereocenters. The Bertz CT molecular complexity index is 467. The number of alkyl halides is 3. The topological polar surface area (TPSA) is 50.4 Å². The molecule has 0 fully saturated rings. The number of anilines is 1. The van der Waals surface area contributed by atoms with Gasteiger partial charge in [0.2, 0.25) is 5.91 Å². The molecule has 0 saturated carbocycles. The van der Waals surface area contributed by atoms with Crippen LogP contribution in [0.4, 0.5) is 18.9 Å². The summed E-state index contributed by atoms with van der Waals surface area (Å²) in [6.07, 6.45) is -4.47. The van der Waals surface area contributed by atoms with Gasteiger partial charge >= 0.3 is 6.36 Å². The number of halogens is 4. The quantitative estimate of drug-likeness (QED) is 0.770. The molecule has 0 aliphatic carbocycles. The minimum Gasteiger partial charge on any atom is -0.405 e. The second-order valence-corrected chi connectivity index (χ2v) is 4.70. The minimum absolute atomic E-state index is 0.110. The first kappa shape index (κ1) is 16.8. The second-order valence-electron chi connectivity index (χ2n) is 3.84. The SMILES string of the molecule is CCNCCC(=O)Nc1ccc(OC(F)(F)F)c(Br)c1. The third kappa shape index (κ3) is 6.25. The average molecular weight is 355 g/mol. The summed E-state index contributed by atoms with van der Waals surface area (Å²) < 4.78 is 40.2. The van der Waals surface area contributed by atoms with Crippen LogP contribution in [0.3, 0.4) is 0 Å². The van der Waals surface area contributed by atoms with Crippen molar-refractivity contribution in [3.05, 3.63) is 22.7 Å². The van der Waals surface area contributed by atoms with E-state index in [1.165, 1.54) is 12.1 Å². The molecule has 2 N–H and O–H groups in total. The van der Waals surface area contributed by atoms with Gasteiger partial charge in [0.15, 0.2) is 0 Å². The Morgan fingerprint density at radius 3 is 2.65 bits per heavy atom. The van der Waals surface area contributed by atoms with Crippen molar-refractivity contribution in [3.8, 4) is 5.75 Å². The van der Waals surface area contributed by atoms with Crippen molar-refractivity contribution >= 4 is 27.5 Å². The van der Waals surface area contributed by atoms with Crippen molar-refractivity contribution in [3.63, 3.8) is 0 Å². The van der Waals surface area contributed by atoms with Gasteiger partial charge in [-0.25, -0.2) is 0 Å². The molecule has 8 heteroatoms. The van der Waals surface area contributed by atoms with Gasteiger partial charge in [0, 0.05) is 18.7 Å². The van der Waals surface area contributed by atoms with Gasteiger partial charge in [0.05, 0.1) is 4.47 Å². The van der Waals surface area contributed by atoms with E-state index >= 15 is 0 Å². The monoisotopic (exact) mass is 354 g/mol. The maximum atomic E-state index is 12.1. The van der Waals surface area contributed by atoms with E-state index in [0.717, 1.165) is 12.6 Å². The Hall–Kier alpha value is -1.28. The van der Waals surface area contributed by atoms with Crippen LogP contribution in [0.15, 0.2) is 22.7 Å². The van der Waals surface area contributed by atoms with E-state index in [4.69, 9.17) is 0 Å². The fourth-order valence-electron chi connectivity index (χ4n) is 1.39. The van der Waals surface area contributed by atoms with Crippen LogP contribution in [-0.4, -0.2) is 25.4 Å². The molecule has 1 rings (SSSR count). The number of hydrogen-bond donors (Lipinski definition) is 2. The molecular weight excluding hydrogens is 341 g/mol. The smallest absolute Gasteiger partial charge is 0.405 e. The summed E-state index contributed by atoms with van der Waals surface area (Å²) in [5.41, 5.74) is 0.396. The van der Waals surface area contributed by atoms with Crippen LogP contribution in [-0.2, 0) is 4.79 Å². The van der Waals surface area contributed by atoms with E-state index in [-0.39, 0.29) is 22.6 Å². The van der Waals surface area contributed by atoms with E-state index < -0.39 is 6.36 Å². The van der Waals surface area contributed by atoms with Crippen LogP contribution >= 0.6 is 15.9 Å². The molecule has 0 saturated heterocycles. The van der Waals surface area contributed by atoms with E-state index in [1.54, 1.807) is 0 Å². The molecule has 0 radical (unpaired) electrons. The van der Waals surface area contributed by atoms with Gasteiger partial charge in [-0.2, -0.15) is 0 Å². The molecule has 0 aliphatic rings. The van der Waals surface area contributed by atoms with Crippen LogP contribution in [0.5, 0.6) is 5.75 Å². The van der Waals surface area contributed by atoms with Crippen molar-refractivity contribution < 1.29 is 22.7 Å². The Balaban J connectivity index is 2.61. The number of rotatable bonds is 6. The maximum absolute atomic E-state index is 12.1. The number of hydrogen-bond acceptors (Lipinski definition) is 3. The summed E-state index contributed by atoms with van der Waals surface area (Å²) in [7, 11) is 0.